The fourth-order valence-corrected chi connectivity index (χ4v) is 2.67. The molecule has 0 atom stereocenters. The lowest BCUT2D eigenvalue weighted by Crippen LogP contribution is -2.21. The lowest BCUT2D eigenvalue weighted by atomic mass is 9.87. The van der Waals surface area contributed by atoms with Crippen LogP contribution in [0.1, 0.15) is 44.1 Å². The fraction of sp³-hybridized carbons (Fsp3) is 0.562. The van der Waals surface area contributed by atoms with Crippen molar-refractivity contribution < 1.29 is 4.79 Å². The Balaban J connectivity index is 1.62. The summed E-state index contributed by atoms with van der Waals surface area (Å²) in [6, 6.07) is 9.85. The average Bonchev–Trinajstić information content (AvgIpc) is 2.41. The molecule has 97 valence electrons. The van der Waals surface area contributed by atoms with Gasteiger partial charge in [-0.2, -0.15) is 0 Å². The van der Waals surface area contributed by atoms with E-state index in [-0.39, 0.29) is 5.91 Å². The van der Waals surface area contributed by atoms with Crippen molar-refractivity contribution in [3.05, 3.63) is 35.9 Å². The smallest absolute Gasteiger partial charge is 0.245 e. The molecule has 0 N–H and O–H groups in total. The molecular formula is C16H22NO. The van der Waals surface area contributed by atoms with Gasteiger partial charge in [-0.15, -0.1) is 0 Å². The largest absolute Gasteiger partial charge is 0.273 e. The molecule has 0 saturated heterocycles. The van der Waals surface area contributed by atoms with Crippen LogP contribution < -0.4 is 5.32 Å². The van der Waals surface area contributed by atoms with Gasteiger partial charge < -0.3 is 0 Å². The number of nitrogens with zero attached hydrogens (tertiary/aromatic N) is 1. The number of carbonyl (C=O) groups excluding carboxylic acids is 1. The maximum atomic E-state index is 11.7. The van der Waals surface area contributed by atoms with Crippen LogP contribution in [-0.2, 0) is 11.2 Å². The summed E-state index contributed by atoms with van der Waals surface area (Å²) in [5.41, 5.74) is 1.06. The van der Waals surface area contributed by atoms with E-state index in [1.54, 1.807) is 0 Å². The highest BCUT2D eigenvalue weighted by atomic mass is 16.1. The van der Waals surface area contributed by atoms with Gasteiger partial charge in [0.1, 0.15) is 0 Å². The minimum atomic E-state index is 0.0250. The molecule has 0 heterocycles. The number of benzene rings is 1. The predicted molar refractivity (Wildman–Crippen MR) is 73.3 cm³/mol. The second kappa shape index (κ2) is 7.20. The van der Waals surface area contributed by atoms with Crippen molar-refractivity contribution in [1.82, 2.24) is 5.32 Å². The molecule has 2 heteroatoms. The molecule has 2 rings (SSSR count). The minimum absolute atomic E-state index is 0.0250. The SMILES string of the molecule is O=C(Cc1ccccc1)[N]CCC1CCCCC1. The molecule has 18 heavy (non-hydrogen) atoms. The zero-order chi connectivity index (χ0) is 12.6. The number of carbonyl (C=O) groups is 1. The standard InChI is InChI=1S/C16H22NO/c18-16(13-15-9-5-2-6-10-15)17-12-11-14-7-3-1-4-8-14/h2,5-6,9-10,14H,1,3-4,7-8,11-13H2. The van der Waals surface area contributed by atoms with E-state index in [0.717, 1.165) is 24.4 Å². The highest BCUT2D eigenvalue weighted by Crippen LogP contribution is 2.25. The van der Waals surface area contributed by atoms with E-state index in [0.29, 0.717) is 6.42 Å². The molecule has 0 unspecified atom stereocenters. The first-order valence-electron chi connectivity index (χ1n) is 7.09. The number of hydrogen-bond acceptors (Lipinski definition) is 1. The van der Waals surface area contributed by atoms with Gasteiger partial charge in [0, 0.05) is 6.54 Å². The van der Waals surface area contributed by atoms with Crippen molar-refractivity contribution >= 4 is 5.91 Å². The summed E-state index contributed by atoms with van der Waals surface area (Å²) in [5.74, 6) is 0.837. The van der Waals surface area contributed by atoms with Crippen LogP contribution in [0.5, 0.6) is 0 Å². The van der Waals surface area contributed by atoms with E-state index >= 15 is 0 Å². The molecule has 1 aliphatic carbocycles. The van der Waals surface area contributed by atoms with Crippen molar-refractivity contribution in [2.75, 3.05) is 6.54 Å². The highest BCUT2D eigenvalue weighted by Gasteiger charge is 2.13. The van der Waals surface area contributed by atoms with E-state index in [1.807, 2.05) is 30.3 Å². The topological polar surface area (TPSA) is 31.2 Å². The summed E-state index contributed by atoms with van der Waals surface area (Å²) in [6.45, 7) is 0.719. The Morgan fingerprint density at radius 3 is 2.56 bits per heavy atom. The maximum Gasteiger partial charge on any atom is 0.245 e. The van der Waals surface area contributed by atoms with Crippen LogP contribution >= 0.6 is 0 Å². The van der Waals surface area contributed by atoms with E-state index in [2.05, 4.69) is 5.32 Å². The van der Waals surface area contributed by atoms with Crippen LogP contribution in [-0.4, -0.2) is 12.5 Å². The fourth-order valence-electron chi connectivity index (χ4n) is 2.67. The van der Waals surface area contributed by atoms with E-state index in [4.69, 9.17) is 0 Å². The van der Waals surface area contributed by atoms with Crippen molar-refractivity contribution in [2.24, 2.45) is 5.92 Å². The zero-order valence-electron chi connectivity index (χ0n) is 11.0. The minimum Gasteiger partial charge on any atom is -0.273 e. The molecule has 1 aromatic rings. The highest BCUT2D eigenvalue weighted by molar-refractivity contribution is 5.78. The van der Waals surface area contributed by atoms with Gasteiger partial charge in [-0.1, -0.05) is 62.4 Å². The summed E-state index contributed by atoms with van der Waals surface area (Å²) < 4.78 is 0. The predicted octanol–water partition coefficient (Wildman–Crippen LogP) is 3.33. The van der Waals surface area contributed by atoms with Crippen molar-refractivity contribution in [2.45, 2.75) is 44.9 Å². The number of rotatable bonds is 5. The van der Waals surface area contributed by atoms with Gasteiger partial charge in [-0.05, 0) is 17.9 Å². The molecule has 0 spiro atoms. The van der Waals surface area contributed by atoms with Gasteiger partial charge >= 0.3 is 0 Å². The Morgan fingerprint density at radius 1 is 1.11 bits per heavy atom. The summed E-state index contributed by atoms with van der Waals surface area (Å²) in [7, 11) is 0. The Kier molecular flexibility index (Phi) is 5.25. The summed E-state index contributed by atoms with van der Waals surface area (Å²) in [5, 5.41) is 4.17. The Bertz CT molecular complexity index is 355. The molecule has 1 fully saturated rings. The normalized spacial score (nSPS) is 16.4. The van der Waals surface area contributed by atoms with Crippen LogP contribution in [0.2, 0.25) is 0 Å². The molecule has 1 aliphatic rings. The average molecular weight is 244 g/mol. The van der Waals surface area contributed by atoms with E-state index in [1.165, 1.54) is 32.1 Å². The number of amides is 1. The van der Waals surface area contributed by atoms with Gasteiger partial charge in [-0.25, -0.2) is 0 Å². The van der Waals surface area contributed by atoms with Crippen molar-refractivity contribution in [3.8, 4) is 0 Å². The first-order valence-corrected chi connectivity index (χ1v) is 7.09. The van der Waals surface area contributed by atoms with E-state index < -0.39 is 0 Å². The van der Waals surface area contributed by atoms with Crippen molar-refractivity contribution in [3.63, 3.8) is 0 Å². The lowest BCUT2D eigenvalue weighted by molar-refractivity contribution is -0.120. The molecule has 1 radical (unpaired) electrons. The van der Waals surface area contributed by atoms with Gasteiger partial charge in [0.05, 0.1) is 6.42 Å². The van der Waals surface area contributed by atoms with Gasteiger partial charge in [0.15, 0.2) is 0 Å². The monoisotopic (exact) mass is 244 g/mol. The van der Waals surface area contributed by atoms with Crippen LogP contribution in [0.3, 0.4) is 0 Å². The molecule has 0 aromatic heterocycles. The zero-order valence-corrected chi connectivity index (χ0v) is 11.0. The second-order valence-electron chi connectivity index (χ2n) is 5.23. The molecule has 1 aromatic carbocycles. The quantitative estimate of drug-likeness (QED) is 0.781. The van der Waals surface area contributed by atoms with Crippen LogP contribution in [0.4, 0.5) is 0 Å². The second-order valence-corrected chi connectivity index (χ2v) is 5.23. The third-order valence-corrected chi connectivity index (χ3v) is 3.75. The van der Waals surface area contributed by atoms with Gasteiger partial charge in [-0.3, -0.25) is 10.1 Å². The maximum absolute atomic E-state index is 11.7. The van der Waals surface area contributed by atoms with Crippen LogP contribution in [0, 0.1) is 5.92 Å². The Morgan fingerprint density at radius 2 is 1.83 bits per heavy atom. The first kappa shape index (κ1) is 13.1. The Labute approximate surface area is 110 Å². The van der Waals surface area contributed by atoms with Gasteiger partial charge in [0.25, 0.3) is 0 Å². The molecule has 0 bridgehead atoms. The van der Waals surface area contributed by atoms with Crippen LogP contribution in [0.25, 0.3) is 0 Å². The third kappa shape index (κ3) is 4.52. The molecule has 2 nitrogen and oxygen atoms in total. The lowest BCUT2D eigenvalue weighted by Gasteiger charge is -2.20. The third-order valence-electron chi connectivity index (χ3n) is 3.75. The summed E-state index contributed by atoms with van der Waals surface area (Å²) in [6.07, 6.45) is 8.34. The molecule has 1 amide bonds. The summed E-state index contributed by atoms with van der Waals surface area (Å²) in [4.78, 5) is 11.7. The van der Waals surface area contributed by atoms with Crippen molar-refractivity contribution in [1.29, 1.82) is 0 Å². The van der Waals surface area contributed by atoms with Crippen LogP contribution in [0.15, 0.2) is 30.3 Å². The first-order chi connectivity index (χ1) is 8.84. The van der Waals surface area contributed by atoms with Gasteiger partial charge in [0.2, 0.25) is 5.91 Å². The van der Waals surface area contributed by atoms with E-state index in [9.17, 15) is 4.79 Å². The number of hydrogen-bond donors (Lipinski definition) is 0. The molecule has 1 saturated carbocycles. The Hall–Kier alpha value is -1.31. The molecule has 0 aliphatic heterocycles. The molecular weight excluding hydrogens is 222 g/mol. The summed E-state index contributed by atoms with van der Waals surface area (Å²) >= 11 is 0.